The van der Waals surface area contributed by atoms with E-state index in [1.54, 1.807) is 13.3 Å². The minimum absolute atomic E-state index is 0.212. The predicted molar refractivity (Wildman–Crippen MR) is 87.4 cm³/mol. The van der Waals surface area contributed by atoms with E-state index in [4.69, 9.17) is 22.2 Å². The second-order valence-electron chi connectivity index (χ2n) is 4.25. The van der Waals surface area contributed by atoms with Crippen LogP contribution in [0, 0.1) is 3.57 Å². The highest BCUT2D eigenvalue weighted by atomic mass is 127. The SMILES string of the molecule is COCCn1ncc(Cl)c1C(NN)c1cccc(I)c1. The van der Waals surface area contributed by atoms with E-state index in [1.807, 2.05) is 22.9 Å². The van der Waals surface area contributed by atoms with E-state index < -0.39 is 0 Å². The van der Waals surface area contributed by atoms with Gasteiger partial charge in [-0.25, -0.2) is 5.43 Å². The van der Waals surface area contributed by atoms with Crippen LogP contribution in [0.1, 0.15) is 17.3 Å². The Morgan fingerprint density at radius 3 is 3.00 bits per heavy atom. The molecular formula is C13H16ClIN4O. The zero-order valence-electron chi connectivity index (χ0n) is 11.0. The topological polar surface area (TPSA) is 65.1 Å². The lowest BCUT2D eigenvalue weighted by molar-refractivity contribution is 0.182. The van der Waals surface area contributed by atoms with Crippen molar-refractivity contribution in [2.75, 3.05) is 13.7 Å². The molecule has 1 aromatic carbocycles. The molecule has 1 atom stereocenters. The molecule has 0 radical (unpaired) electrons. The molecule has 0 fully saturated rings. The molecule has 1 unspecified atom stereocenters. The fourth-order valence-electron chi connectivity index (χ4n) is 2.03. The van der Waals surface area contributed by atoms with Crippen LogP contribution in [0.25, 0.3) is 0 Å². The summed E-state index contributed by atoms with van der Waals surface area (Å²) in [6.45, 7) is 1.19. The first-order valence-electron chi connectivity index (χ1n) is 6.09. The smallest absolute Gasteiger partial charge is 0.0893 e. The monoisotopic (exact) mass is 406 g/mol. The first kappa shape index (κ1) is 15.7. The minimum atomic E-state index is -0.212. The summed E-state index contributed by atoms with van der Waals surface area (Å²) in [7, 11) is 1.66. The molecule has 5 nitrogen and oxygen atoms in total. The average molecular weight is 407 g/mol. The van der Waals surface area contributed by atoms with Crippen molar-refractivity contribution in [2.45, 2.75) is 12.6 Å². The third kappa shape index (κ3) is 3.50. The summed E-state index contributed by atoms with van der Waals surface area (Å²) in [6, 6.07) is 7.88. The molecule has 108 valence electrons. The Balaban J connectivity index is 2.38. The van der Waals surface area contributed by atoms with Gasteiger partial charge in [0.15, 0.2) is 0 Å². The number of hydrazine groups is 1. The standard InChI is InChI=1S/C13H16ClIN4O/c1-20-6-5-19-13(11(14)8-17-19)12(18-16)9-3-2-4-10(15)7-9/h2-4,7-8,12,18H,5-6,16H2,1H3. The van der Waals surface area contributed by atoms with Gasteiger partial charge in [0.25, 0.3) is 0 Å². The van der Waals surface area contributed by atoms with Crippen LogP contribution in [0.4, 0.5) is 0 Å². The minimum Gasteiger partial charge on any atom is -0.383 e. The van der Waals surface area contributed by atoms with Gasteiger partial charge in [-0.1, -0.05) is 23.7 Å². The molecule has 0 spiro atoms. The Labute approximate surface area is 136 Å². The zero-order chi connectivity index (χ0) is 14.5. The quantitative estimate of drug-likeness (QED) is 0.439. The molecule has 1 aromatic heterocycles. The number of nitrogens with one attached hydrogen (secondary N) is 1. The molecule has 0 bridgehead atoms. The maximum Gasteiger partial charge on any atom is 0.0893 e. The Morgan fingerprint density at radius 1 is 1.55 bits per heavy atom. The Hall–Kier alpha value is -0.670. The van der Waals surface area contributed by atoms with Crippen molar-refractivity contribution in [3.63, 3.8) is 0 Å². The van der Waals surface area contributed by atoms with Crippen molar-refractivity contribution < 1.29 is 4.74 Å². The van der Waals surface area contributed by atoms with E-state index in [2.05, 4.69) is 39.2 Å². The van der Waals surface area contributed by atoms with Crippen molar-refractivity contribution in [2.24, 2.45) is 5.84 Å². The lowest BCUT2D eigenvalue weighted by Gasteiger charge is -2.19. The first-order valence-corrected chi connectivity index (χ1v) is 7.54. The summed E-state index contributed by atoms with van der Waals surface area (Å²) >= 11 is 8.53. The number of hydrogen-bond acceptors (Lipinski definition) is 4. The lowest BCUT2D eigenvalue weighted by atomic mass is 10.0. The molecule has 1 heterocycles. The van der Waals surface area contributed by atoms with Crippen molar-refractivity contribution >= 4 is 34.2 Å². The Morgan fingerprint density at radius 2 is 2.35 bits per heavy atom. The fourth-order valence-corrected chi connectivity index (χ4v) is 2.85. The molecule has 7 heteroatoms. The van der Waals surface area contributed by atoms with E-state index in [9.17, 15) is 0 Å². The van der Waals surface area contributed by atoms with Crippen LogP contribution in [0.2, 0.25) is 5.02 Å². The Bertz CT molecular complexity index is 575. The largest absolute Gasteiger partial charge is 0.383 e. The van der Waals surface area contributed by atoms with Gasteiger partial charge in [0, 0.05) is 10.7 Å². The van der Waals surface area contributed by atoms with Crippen LogP contribution in [0.3, 0.4) is 0 Å². The molecule has 2 aromatic rings. The van der Waals surface area contributed by atoms with E-state index in [1.165, 1.54) is 0 Å². The van der Waals surface area contributed by atoms with Crippen LogP contribution in [-0.4, -0.2) is 23.5 Å². The summed E-state index contributed by atoms with van der Waals surface area (Å²) in [5.41, 5.74) is 4.70. The predicted octanol–water partition coefficient (Wildman–Crippen LogP) is 2.34. The van der Waals surface area contributed by atoms with Crippen LogP contribution < -0.4 is 11.3 Å². The Kier molecular flexibility index (Phi) is 5.79. The van der Waals surface area contributed by atoms with Crippen LogP contribution in [0.5, 0.6) is 0 Å². The fraction of sp³-hybridized carbons (Fsp3) is 0.308. The van der Waals surface area contributed by atoms with Crippen molar-refractivity contribution in [3.8, 4) is 0 Å². The van der Waals surface area contributed by atoms with E-state index in [0.29, 0.717) is 18.2 Å². The van der Waals surface area contributed by atoms with Gasteiger partial charge in [0.05, 0.1) is 36.1 Å². The maximum absolute atomic E-state index is 6.27. The van der Waals surface area contributed by atoms with Crippen molar-refractivity contribution in [1.82, 2.24) is 15.2 Å². The molecule has 0 amide bonds. The molecule has 3 N–H and O–H groups in total. The molecule has 0 aliphatic carbocycles. The van der Waals surface area contributed by atoms with Crippen LogP contribution in [0.15, 0.2) is 30.5 Å². The number of ether oxygens (including phenoxy) is 1. The first-order chi connectivity index (χ1) is 9.67. The summed E-state index contributed by atoms with van der Waals surface area (Å²) in [6.07, 6.45) is 1.63. The summed E-state index contributed by atoms with van der Waals surface area (Å²) < 4.78 is 8.05. The van der Waals surface area contributed by atoms with Gasteiger partial charge in [-0.2, -0.15) is 5.10 Å². The zero-order valence-corrected chi connectivity index (χ0v) is 13.9. The number of rotatable bonds is 6. The van der Waals surface area contributed by atoms with Gasteiger partial charge in [-0.05, 0) is 40.3 Å². The highest BCUT2D eigenvalue weighted by Crippen LogP contribution is 2.28. The van der Waals surface area contributed by atoms with E-state index in [-0.39, 0.29) is 6.04 Å². The van der Waals surface area contributed by atoms with E-state index >= 15 is 0 Å². The molecule has 0 saturated carbocycles. The van der Waals surface area contributed by atoms with Gasteiger partial charge in [-0.15, -0.1) is 0 Å². The van der Waals surface area contributed by atoms with Gasteiger partial charge in [0.2, 0.25) is 0 Å². The highest BCUT2D eigenvalue weighted by Gasteiger charge is 2.21. The van der Waals surface area contributed by atoms with Crippen LogP contribution >= 0.6 is 34.2 Å². The summed E-state index contributed by atoms with van der Waals surface area (Å²) in [4.78, 5) is 0. The van der Waals surface area contributed by atoms with Gasteiger partial charge in [0.1, 0.15) is 0 Å². The third-order valence-corrected chi connectivity index (χ3v) is 3.92. The lowest BCUT2D eigenvalue weighted by Crippen LogP contribution is -2.31. The van der Waals surface area contributed by atoms with Gasteiger partial charge in [-0.3, -0.25) is 10.5 Å². The number of aromatic nitrogens is 2. The van der Waals surface area contributed by atoms with Gasteiger partial charge >= 0.3 is 0 Å². The van der Waals surface area contributed by atoms with Crippen molar-refractivity contribution in [1.29, 1.82) is 0 Å². The maximum atomic E-state index is 6.27. The van der Waals surface area contributed by atoms with E-state index in [0.717, 1.165) is 14.8 Å². The number of benzene rings is 1. The van der Waals surface area contributed by atoms with Gasteiger partial charge < -0.3 is 4.74 Å². The highest BCUT2D eigenvalue weighted by molar-refractivity contribution is 14.1. The number of nitrogens with two attached hydrogens (primary N) is 1. The number of halogens is 2. The summed E-state index contributed by atoms with van der Waals surface area (Å²) in [5, 5.41) is 4.86. The second kappa shape index (κ2) is 7.37. The summed E-state index contributed by atoms with van der Waals surface area (Å²) in [5.74, 6) is 5.73. The molecule has 0 saturated heterocycles. The number of hydrogen-bond donors (Lipinski definition) is 2. The number of methoxy groups -OCH3 is 1. The molecule has 2 rings (SSSR count). The molecule has 0 aliphatic heterocycles. The molecule has 20 heavy (non-hydrogen) atoms. The van der Waals surface area contributed by atoms with Crippen molar-refractivity contribution in [3.05, 3.63) is 50.3 Å². The molecule has 0 aliphatic rings. The number of nitrogens with zero attached hydrogens (tertiary/aromatic N) is 2. The second-order valence-corrected chi connectivity index (χ2v) is 5.90. The van der Waals surface area contributed by atoms with Crippen LogP contribution in [-0.2, 0) is 11.3 Å². The third-order valence-electron chi connectivity index (χ3n) is 2.96. The average Bonchev–Trinajstić information content (AvgIpc) is 2.79. The molecular weight excluding hydrogens is 391 g/mol. The normalized spacial score (nSPS) is 12.6.